The topological polar surface area (TPSA) is 30.2 Å². The molecule has 0 amide bonds. The number of aryl methyl sites for hydroxylation is 1. The number of rotatable bonds is 2. The van der Waals surface area contributed by atoms with Crippen LogP contribution in [0.25, 0.3) is 28.2 Å². The second-order valence-electron chi connectivity index (χ2n) is 5.35. The molecule has 0 bridgehead atoms. The Labute approximate surface area is 128 Å². The summed E-state index contributed by atoms with van der Waals surface area (Å²) < 4.78 is 2.03. The van der Waals surface area contributed by atoms with Crippen molar-refractivity contribution in [1.82, 2.24) is 14.6 Å². The maximum absolute atomic E-state index is 4.34. The first kappa shape index (κ1) is 12.8. The number of nitrogens with zero attached hydrogens (tertiary/aromatic N) is 3. The summed E-state index contributed by atoms with van der Waals surface area (Å²) in [4.78, 5) is 0. The highest BCUT2D eigenvalue weighted by Gasteiger charge is 2.09. The summed E-state index contributed by atoms with van der Waals surface area (Å²) in [5.74, 6) is 0.873. The number of hydrogen-bond donors (Lipinski definition) is 0. The summed E-state index contributed by atoms with van der Waals surface area (Å²) in [5.41, 5.74) is 5.52. The third-order valence-corrected chi connectivity index (χ3v) is 3.88. The van der Waals surface area contributed by atoms with Crippen molar-refractivity contribution < 1.29 is 0 Å². The average molecular weight is 285 g/mol. The van der Waals surface area contributed by atoms with E-state index in [1.807, 2.05) is 35.7 Å². The van der Waals surface area contributed by atoms with Crippen molar-refractivity contribution in [2.24, 2.45) is 0 Å². The normalized spacial score (nSPS) is 11.0. The van der Waals surface area contributed by atoms with Crippen LogP contribution in [0.4, 0.5) is 0 Å². The molecule has 0 saturated heterocycles. The first-order chi connectivity index (χ1) is 10.8. The predicted molar refractivity (Wildman–Crippen MR) is 88.6 cm³/mol. The van der Waals surface area contributed by atoms with Gasteiger partial charge in [-0.1, -0.05) is 60.7 Å². The van der Waals surface area contributed by atoms with E-state index in [-0.39, 0.29) is 0 Å². The maximum atomic E-state index is 4.34. The van der Waals surface area contributed by atoms with Crippen LogP contribution in [0.1, 0.15) is 5.56 Å². The largest absolute Gasteiger partial charge is 0.282 e. The lowest BCUT2D eigenvalue weighted by Gasteiger charge is -2.04. The van der Waals surface area contributed by atoms with Gasteiger partial charge in [0.25, 0.3) is 0 Å². The molecule has 0 atom stereocenters. The Morgan fingerprint density at radius 2 is 1.36 bits per heavy atom. The molecule has 0 aliphatic heterocycles. The minimum Gasteiger partial charge on any atom is -0.282 e. The molecule has 0 radical (unpaired) electrons. The lowest BCUT2D eigenvalue weighted by molar-refractivity contribution is 1.11. The molecule has 4 rings (SSSR count). The lowest BCUT2D eigenvalue weighted by Crippen LogP contribution is -1.90. The molecule has 0 aliphatic rings. The molecule has 0 aliphatic carbocycles. The summed E-state index contributed by atoms with van der Waals surface area (Å²) in [6.45, 7) is 2.05. The van der Waals surface area contributed by atoms with Gasteiger partial charge in [-0.2, -0.15) is 0 Å². The van der Waals surface area contributed by atoms with E-state index in [1.165, 1.54) is 11.1 Å². The van der Waals surface area contributed by atoms with Crippen LogP contribution < -0.4 is 0 Å². The van der Waals surface area contributed by atoms with Crippen LogP contribution in [0.3, 0.4) is 0 Å². The fourth-order valence-electron chi connectivity index (χ4n) is 2.69. The van der Waals surface area contributed by atoms with E-state index >= 15 is 0 Å². The Kier molecular flexibility index (Phi) is 2.97. The number of fused-ring (bicyclic) bond motifs is 1. The molecule has 22 heavy (non-hydrogen) atoms. The van der Waals surface area contributed by atoms with Gasteiger partial charge in [0.1, 0.15) is 0 Å². The van der Waals surface area contributed by atoms with E-state index in [0.29, 0.717) is 0 Å². The molecule has 0 unspecified atom stereocenters. The van der Waals surface area contributed by atoms with Gasteiger partial charge in [-0.25, -0.2) is 0 Å². The zero-order valence-electron chi connectivity index (χ0n) is 12.3. The minimum absolute atomic E-state index is 0.873. The molecule has 0 saturated carbocycles. The van der Waals surface area contributed by atoms with E-state index in [2.05, 4.69) is 58.7 Å². The Morgan fingerprint density at radius 1 is 0.682 bits per heavy atom. The molecule has 2 heterocycles. The van der Waals surface area contributed by atoms with Crippen molar-refractivity contribution in [3.63, 3.8) is 0 Å². The molecule has 0 spiro atoms. The van der Waals surface area contributed by atoms with Crippen molar-refractivity contribution in [1.29, 1.82) is 0 Å². The van der Waals surface area contributed by atoms with Crippen molar-refractivity contribution in [3.8, 4) is 22.5 Å². The van der Waals surface area contributed by atoms with Crippen LogP contribution in [0.2, 0.25) is 0 Å². The molecule has 4 aromatic rings. The Balaban J connectivity index is 1.78. The number of benzene rings is 2. The summed E-state index contributed by atoms with van der Waals surface area (Å²) in [6, 6.07) is 22.9. The van der Waals surface area contributed by atoms with Gasteiger partial charge in [0, 0.05) is 11.8 Å². The van der Waals surface area contributed by atoms with Gasteiger partial charge in [-0.15, -0.1) is 10.2 Å². The first-order valence-electron chi connectivity index (χ1n) is 7.29. The zero-order chi connectivity index (χ0) is 14.9. The molecule has 2 aromatic carbocycles. The SMILES string of the molecule is Cc1cccn2c(-c3ccc(-c4ccccc4)cc3)nnc12. The van der Waals surface area contributed by atoms with Gasteiger partial charge in [-0.3, -0.25) is 4.40 Å². The van der Waals surface area contributed by atoms with Crippen molar-refractivity contribution >= 4 is 5.65 Å². The summed E-state index contributed by atoms with van der Waals surface area (Å²) >= 11 is 0. The van der Waals surface area contributed by atoms with Gasteiger partial charge >= 0.3 is 0 Å². The molecule has 2 aromatic heterocycles. The minimum atomic E-state index is 0.873. The van der Waals surface area contributed by atoms with Gasteiger partial charge < -0.3 is 0 Å². The zero-order valence-corrected chi connectivity index (χ0v) is 12.3. The summed E-state index contributed by atoms with van der Waals surface area (Å²) in [7, 11) is 0. The highest BCUT2D eigenvalue weighted by molar-refractivity contribution is 5.68. The molecule has 0 fully saturated rings. The van der Waals surface area contributed by atoms with Gasteiger partial charge in [0.05, 0.1) is 0 Å². The van der Waals surface area contributed by atoms with E-state index in [9.17, 15) is 0 Å². The second kappa shape index (κ2) is 5.11. The molecular formula is C19H15N3. The average Bonchev–Trinajstić information content (AvgIpc) is 3.01. The lowest BCUT2D eigenvalue weighted by atomic mass is 10.0. The van der Waals surface area contributed by atoms with E-state index in [0.717, 1.165) is 22.6 Å². The highest BCUT2D eigenvalue weighted by atomic mass is 15.2. The van der Waals surface area contributed by atoms with E-state index < -0.39 is 0 Å². The highest BCUT2D eigenvalue weighted by Crippen LogP contribution is 2.24. The molecular weight excluding hydrogens is 270 g/mol. The van der Waals surface area contributed by atoms with Crippen LogP contribution in [0.15, 0.2) is 72.9 Å². The molecule has 106 valence electrons. The van der Waals surface area contributed by atoms with Gasteiger partial charge in [0.15, 0.2) is 11.5 Å². The number of hydrogen-bond acceptors (Lipinski definition) is 2. The van der Waals surface area contributed by atoms with E-state index in [4.69, 9.17) is 0 Å². The predicted octanol–water partition coefficient (Wildman–Crippen LogP) is 4.37. The second-order valence-corrected chi connectivity index (χ2v) is 5.35. The fourth-order valence-corrected chi connectivity index (χ4v) is 2.69. The monoisotopic (exact) mass is 285 g/mol. The van der Waals surface area contributed by atoms with Crippen molar-refractivity contribution in [2.75, 3.05) is 0 Å². The summed E-state index contributed by atoms with van der Waals surface area (Å²) in [6.07, 6.45) is 2.00. The van der Waals surface area contributed by atoms with Crippen LogP contribution in [-0.2, 0) is 0 Å². The Morgan fingerprint density at radius 3 is 2.14 bits per heavy atom. The standard InChI is InChI=1S/C19H15N3/c1-14-6-5-13-22-18(14)20-21-19(22)17-11-9-16(10-12-17)15-7-3-2-4-8-15/h2-13H,1H3. The van der Waals surface area contributed by atoms with Crippen LogP contribution in [-0.4, -0.2) is 14.6 Å². The molecule has 0 N–H and O–H groups in total. The quantitative estimate of drug-likeness (QED) is 0.547. The van der Waals surface area contributed by atoms with Crippen molar-refractivity contribution in [3.05, 3.63) is 78.5 Å². The molecule has 3 nitrogen and oxygen atoms in total. The Bertz CT molecular complexity index is 922. The fraction of sp³-hybridized carbons (Fsp3) is 0.0526. The Hall–Kier alpha value is -2.94. The number of aromatic nitrogens is 3. The summed E-state index contributed by atoms with van der Waals surface area (Å²) in [5, 5.41) is 8.63. The smallest absolute Gasteiger partial charge is 0.168 e. The third-order valence-electron chi connectivity index (χ3n) is 3.88. The molecule has 3 heteroatoms. The first-order valence-corrected chi connectivity index (χ1v) is 7.29. The van der Waals surface area contributed by atoms with Crippen LogP contribution in [0, 0.1) is 6.92 Å². The van der Waals surface area contributed by atoms with Crippen LogP contribution in [0.5, 0.6) is 0 Å². The van der Waals surface area contributed by atoms with Crippen molar-refractivity contribution in [2.45, 2.75) is 6.92 Å². The van der Waals surface area contributed by atoms with Crippen LogP contribution >= 0.6 is 0 Å². The maximum Gasteiger partial charge on any atom is 0.168 e. The third kappa shape index (κ3) is 2.07. The van der Waals surface area contributed by atoms with Gasteiger partial charge in [0.2, 0.25) is 0 Å². The number of pyridine rings is 1. The van der Waals surface area contributed by atoms with Gasteiger partial charge in [-0.05, 0) is 29.7 Å². The van der Waals surface area contributed by atoms with E-state index in [1.54, 1.807) is 0 Å².